The Morgan fingerprint density at radius 3 is 2.39 bits per heavy atom. The molecule has 7 heteroatoms. The number of hydrogen-bond acceptors (Lipinski definition) is 4. The fraction of sp³-hybridized carbons (Fsp3) is 0.381. The van der Waals surface area contributed by atoms with Crippen molar-refractivity contribution in [1.29, 1.82) is 0 Å². The molecule has 0 radical (unpaired) electrons. The number of anilines is 2. The van der Waals surface area contributed by atoms with E-state index in [4.69, 9.17) is 0 Å². The fourth-order valence-corrected chi connectivity index (χ4v) is 5.46. The van der Waals surface area contributed by atoms with E-state index in [9.17, 15) is 13.2 Å². The number of para-hydroxylation sites is 1. The van der Waals surface area contributed by atoms with Crippen LogP contribution in [0.2, 0.25) is 0 Å². The number of nitrogens with one attached hydrogen (secondary N) is 1. The molecule has 0 aliphatic carbocycles. The molecule has 0 bridgehead atoms. The van der Waals surface area contributed by atoms with E-state index in [-0.39, 0.29) is 16.8 Å². The zero-order chi connectivity index (χ0) is 19.7. The molecule has 0 saturated carbocycles. The number of benzene rings is 2. The highest BCUT2D eigenvalue weighted by atomic mass is 32.2. The fourth-order valence-electron chi connectivity index (χ4n) is 3.94. The topological polar surface area (TPSA) is 69.7 Å². The molecule has 6 nitrogen and oxygen atoms in total. The molecule has 2 aliphatic heterocycles. The highest BCUT2D eigenvalue weighted by Crippen LogP contribution is 2.29. The van der Waals surface area contributed by atoms with Crippen LogP contribution in [0.25, 0.3) is 0 Å². The Labute approximate surface area is 166 Å². The van der Waals surface area contributed by atoms with Crippen LogP contribution in [0.5, 0.6) is 0 Å². The molecule has 2 aromatic carbocycles. The molecule has 1 fully saturated rings. The third kappa shape index (κ3) is 3.52. The van der Waals surface area contributed by atoms with Gasteiger partial charge in [0.05, 0.1) is 4.90 Å². The molecule has 1 atom stereocenters. The maximum absolute atomic E-state index is 12.7. The number of carbonyl (C=O) groups excluding carboxylic acids is 1. The zero-order valence-corrected chi connectivity index (χ0v) is 16.8. The lowest BCUT2D eigenvalue weighted by molar-refractivity contribution is -0.117. The van der Waals surface area contributed by atoms with Crippen LogP contribution >= 0.6 is 0 Å². The van der Waals surface area contributed by atoms with Gasteiger partial charge < -0.3 is 10.2 Å². The molecular formula is C21H25N3O3S. The lowest BCUT2D eigenvalue weighted by Crippen LogP contribution is -2.41. The number of fused-ring (bicyclic) bond motifs is 1. The summed E-state index contributed by atoms with van der Waals surface area (Å²) in [5.41, 5.74) is 2.97. The largest absolute Gasteiger partial charge is 0.359 e. The first-order valence-corrected chi connectivity index (χ1v) is 11.2. The van der Waals surface area contributed by atoms with Gasteiger partial charge in [-0.2, -0.15) is 4.31 Å². The summed E-state index contributed by atoms with van der Waals surface area (Å²) in [4.78, 5) is 15.1. The number of sulfonamides is 1. The third-order valence-electron chi connectivity index (χ3n) is 5.59. The van der Waals surface area contributed by atoms with E-state index >= 15 is 0 Å². The molecular weight excluding hydrogens is 374 g/mol. The minimum atomic E-state index is -3.43. The van der Waals surface area contributed by atoms with Gasteiger partial charge in [-0.25, -0.2) is 8.42 Å². The molecule has 4 rings (SSSR count). The van der Waals surface area contributed by atoms with Gasteiger partial charge in [0.2, 0.25) is 15.9 Å². The smallest absolute Gasteiger partial charge is 0.246 e. The number of amides is 1. The first-order chi connectivity index (χ1) is 13.5. The maximum Gasteiger partial charge on any atom is 0.246 e. The predicted molar refractivity (Wildman–Crippen MR) is 110 cm³/mol. The number of rotatable bonds is 5. The van der Waals surface area contributed by atoms with Gasteiger partial charge in [0.25, 0.3) is 0 Å². The van der Waals surface area contributed by atoms with Gasteiger partial charge in [0, 0.05) is 31.0 Å². The third-order valence-corrected chi connectivity index (χ3v) is 7.51. The van der Waals surface area contributed by atoms with E-state index in [0.717, 1.165) is 31.5 Å². The first-order valence-electron chi connectivity index (χ1n) is 9.72. The van der Waals surface area contributed by atoms with Crippen molar-refractivity contribution in [2.75, 3.05) is 29.9 Å². The number of nitrogens with zero attached hydrogens (tertiary/aromatic N) is 2. The molecule has 0 unspecified atom stereocenters. The van der Waals surface area contributed by atoms with Crippen LogP contribution in [0.1, 0.15) is 25.3 Å². The summed E-state index contributed by atoms with van der Waals surface area (Å²) >= 11 is 0. The Morgan fingerprint density at radius 2 is 1.68 bits per heavy atom. The molecule has 1 saturated heterocycles. The van der Waals surface area contributed by atoms with Gasteiger partial charge in [-0.1, -0.05) is 18.2 Å². The Kier molecular flexibility index (Phi) is 5.12. The van der Waals surface area contributed by atoms with Crippen LogP contribution in [0.4, 0.5) is 11.4 Å². The van der Waals surface area contributed by atoms with E-state index in [1.165, 1.54) is 9.87 Å². The van der Waals surface area contributed by atoms with Gasteiger partial charge >= 0.3 is 0 Å². The Morgan fingerprint density at radius 1 is 1.00 bits per heavy atom. The molecule has 2 aliphatic rings. The van der Waals surface area contributed by atoms with Crippen molar-refractivity contribution in [2.45, 2.75) is 37.1 Å². The van der Waals surface area contributed by atoms with Gasteiger partial charge in [-0.3, -0.25) is 4.79 Å². The van der Waals surface area contributed by atoms with E-state index in [1.54, 1.807) is 24.3 Å². The Balaban J connectivity index is 1.44. The SMILES string of the molecule is C[C@H](C(=O)Nc1ccc(S(=O)(=O)N2CCCC2)cc1)N1CCc2ccccc21. The quantitative estimate of drug-likeness (QED) is 0.839. The van der Waals surface area contributed by atoms with Crippen molar-refractivity contribution < 1.29 is 13.2 Å². The summed E-state index contributed by atoms with van der Waals surface area (Å²) in [5.74, 6) is -0.105. The molecule has 2 heterocycles. The van der Waals surface area contributed by atoms with Crippen LogP contribution in [-0.2, 0) is 21.2 Å². The van der Waals surface area contributed by atoms with E-state index in [0.29, 0.717) is 18.8 Å². The summed E-state index contributed by atoms with van der Waals surface area (Å²) in [6, 6.07) is 14.3. The second-order valence-corrected chi connectivity index (χ2v) is 9.31. The number of hydrogen-bond donors (Lipinski definition) is 1. The minimum absolute atomic E-state index is 0.105. The summed E-state index contributed by atoms with van der Waals surface area (Å²) < 4.78 is 26.7. The van der Waals surface area contributed by atoms with E-state index in [2.05, 4.69) is 16.3 Å². The lowest BCUT2D eigenvalue weighted by Gasteiger charge is -2.26. The Bertz CT molecular complexity index is 967. The van der Waals surface area contributed by atoms with Gasteiger partial charge in [0.15, 0.2) is 0 Å². The van der Waals surface area contributed by atoms with Crippen molar-refractivity contribution in [3.63, 3.8) is 0 Å². The van der Waals surface area contributed by atoms with Crippen LogP contribution in [0.3, 0.4) is 0 Å². The predicted octanol–water partition coefficient (Wildman–Crippen LogP) is 2.86. The summed E-state index contributed by atoms with van der Waals surface area (Å²) in [7, 11) is -3.43. The summed E-state index contributed by atoms with van der Waals surface area (Å²) in [6.07, 6.45) is 2.76. The summed E-state index contributed by atoms with van der Waals surface area (Å²) in [5, 5.41) is 2.91. The second-order valence-electron chi connectivity index (χ2n) is 7.37. The van der Waals surface area contributed by atoms with Crippen molar-refractivity contribution in [3.8, 4) is 0 Å². The van der Waals surface area contributed by atoms with E-state index in [1.807, 2.05) is 25.1 Å². The average Bonchev–Trinajstić information content (AvgIpc) is 3.38. The van der Waals surface area contributed by atoms with Gasteiger partial charge in [0.1, 0.15) is 6.04 Å². The number of carbonyl (C=O) groups is 1. The van der Waals surface area contributed by atoms with Gasteiger partial charge in [-0.15, -0.1) is 0 Å². The van der Waals surface area contributed by atoms with Crippen molar-refractivity contribution >= 4 is 27.3 Å². The van der Waals surface area contributed by atoms with Crippen molar-refractivity contribution in [3.05, 3.63) is 54.1 Å². The minimum Gasteiger partial charge on any atom is -0.359 e. The Hall–Kier alpha value is -2.38. The highest BCUT2D eigenvalue weighted by molar-refractivity contribution is 7.89. The van der Waals surface area contributed by atoms with Gasteiger partial charge in [-0.05, 0) is 62.1 Å². The van der Waals surface area contributed by atoms with Crippen LogP contribution in [0.15, 0.2) is 53.4 Å². The second kappa shape index (κ2) is 7.56. The van der Waals surface area contributed by atoms with Crippen LogP contribution in [-0.4, -0.2) is 44.3 Å². The maximum atomic E-state index is 12.7. The van der Waals surface area contributed by atoms with Crippen molar-refractivity contribution in [1.82, 2.24) is 4.31 Å². The molecule has 28 heavy (non-hydrogen) atoms. The molecule has 0 aromatic heterocycles. The molecule has 1 N–H and O–H groups in total. The lowest BCUT2D eigenvalue weighted by atomic mass is 10.1. The molecule has 1 amide bonds. The molecule has 2 aromatic rings. The van der Waals surface area contributed by atoms with Crippen molar-refractivity contribution in [2.24, 2.45) is 0 Å². The van der Waals surface area contributed by atoms with E-state index < -0.39 is 10.0 Å². The average molecular weight is 400 g/mol. The van der Waals surface area contributed by atoms with Crippen LogP contribution in [0, 0.1) is 0 Å². The van der Waals surface area contributed by atoms with Crippen LogP contribution < -0.4 is 10.2 Å². The standard InChI is InChI=1S/C21H25N3O3S/c1-16(24-15-12-17-6-2-3-7-20(17)24)21(25)22-18-8-10-19(11-9-18)28(26,27)23-13-4-5-14-23/h2-3,6-11,16H,4-5,12-15H2,1H3,(H,22,25)/t16-/m1/s1. The first kappa shape index (κ1) is 19.0. The summed E-state index contributed by atoms with van der Waals surface area (Å²) in [6.45, 7) is 3.87. The monoisotopic (exact) mass is 399 g/mol. The highest BCUT2D eigenvalue weighted by Gasteiger charge is 2.28. The zero-order valence-electron chi connectivity index (χ0n) is 16.0. The molecule has 0 spiro atoms. The molecule has 148 valence electrons. The normalized spacial score (nSPS) is 18.1.